The summed E-state index contributed by atoms with van der Waals surface area (Å²) in [4.78, 5) is 21.8. The number of rotatable bonds is 11. The smallest absolute Gasteiger partial charge is 0.264 e. The molecule has 6 nitrogen and oxygen atoms in total. The summed E-state index contributed by atoms with van der Waals surface area (Å²) >= 11 is 0. The molecule has 0 heterocycles. The lowest BCUT2D eigenvalue weighted by Crippen LogP contribution is -2.28. The van der Waals surface area contributed by atoms with E-state index in [1.54, 1.807) is 18.2 Å². The van der Waals surface area contributed by atoms with E-state index in [0.29, 0.717) is 0 Å². The van der Waals surface area contributed by atoms with Gasteiger partial charge in [-0.2, -0.15) is 0 Å². The highest BCUT2D eigenvalue weighted by molar-refractivity contribution is 7.90. The van der Waals surface area contributed by atoms with Crippen molar-refractivity contribution in [3.63, 3.8) is 0 Å². The number of amides is 1. The summed E-state index contributed by atoms with van der Waals surface area (Å²) in [5, 5.41) is 0. The Bertz CT molecular complexity index is 1580. The lowest BCUT2D eigenvalue weighted by molar-refractivity contribution is -0.282. The van der Waals surface area contributed by atoms with E-state index >= 15 is 0 Å². The molecule has 0 spiro atoms. The molecular formula is C33H31NO5S. The van der Waals surface area contributed by atoms with Crippen LogP contribution in [0.5, 0.6) is 0 Å². The summed E-state index contributed by atoms with van der Waals surface area (Å²) in [6, 6.07) is 34.5. The van der Waals surface area contributed by atoms with Crippen molar-refractivity contribution in [2.75, 3.05) is 7.11 Å². The Morgan fingerprint density at radius 1 is 0.775 bits per heavy atom. The fourth-order valence-electron chi connectivity index (χ4n) is 4.33. The molecule has 0 bridgehead atoms. The van der Waals surface area contributed by atoms with Crippen molar-refractivity contribution in [3.8, 4) is 0 Å². The molecule has 1 amide bonds. The molecule has 204 valence electrons. The van der Waals surface area contributed by atoms with E-state index in [4.69, 9.17) is 4.89 Å². The Balaban J connectivity index is 1.52. The van der Waals surface area contributed by atoms with E-state index in [9.17, 15) is 13.2 Å². The van der Waals surface area contributed by atoms with Crippen molar-refractivity contribution < 1.29 is 23.0 Å². The molecule has 4 aromatic carbocycles. The van der Waals surface area contributed by atoms with Gasteiger partial charge in [0.25, 0.3) is 15.9 Å². The van der Waals surface area contributed by atoms with Crippen LogP contribution in [-0.4, -0.2) is 21.4 Å². The zero-order valence-corrected chi connectivity index (χ0v) is 23.2. The van der Waals surface area contributed by atoms with Gasteiger partial charge in [-0.1, -0.05) is 104 Å². The van der Waals surface area contributed by atoms with Crippen molar-refractivity contribution >= 4 is 33.2 Å². The van der Waals surface area contributed by atoms with Gasteiger partial charge in [0, 0.05) is 6.08 Å². The zero-order chi connectivity index (χ0) is 28.4. The molecule has 4 aromatic rings. The standard InChI is InChI=1S/C33H31NO5S/c1-3-31(27-10-6-4-7-11-27)33(28-12-8-5-9-13-28)29-19-14-25(15-20-29)18-23-32(35)34-40(36,37)30-21-16-26(17-22-30)24-39-38-2/h4-23H,3,24H2,1-2H3,(H,34,35)/b23-18+,33-31-. The van der Waals surface area contributed by atoms with E-state index in [0.717, 1.165) is 34.2 Å². The van der Waals surface area contributed by atoms with Gasteiger partial charge in [-0.15, -0.1) is 0 Å². The van der Waals surface area contributed by atoms with Crippen molar-refractivity contribution in [1.82, 2.24) is 4.72 Å². The predicted octanol–water partition coefficient (Wildman–Crippen LogP) is 6.65. The largest absolute Gasteiger partial charge is 0.269 e. The minimum atomic E-state index is -4.02. The molecule has 0 aliphatic carbocycles. The summed E-state index contributed by atoms with van der Waals surface area (Å²) in [5.41, 5.74) is 7.22. The number of carbonyl (C=O) groups is 1. The third-order valence-electron chi connectivity index (χ3n) is 6.28. The van der Waals surface area contributed by atoms with Crippen molar-refractivity contribution in [1.29, 1.82) is 0 Å². The molecule has 4 rings (SSSR count). The van der Waals surface area contributed by atoms with E-state index in [-0.39, 0.29) is 11.5 Å². The molecule has 40 heavy (non-hydrogen) atoms. The molecule has 0 unspecified atom stereocenters. The summed E-state index contributed by atoms with van der Waals surface area (Å²) in [6.45, 7) is 2.33. The first-order valence-electron chi connectivity index (χ1n) is 12.8. The lowest BCUT2D eigenvalue weighted by atomic mass is 9.88. The highest BCUT2D eigenvalue weighted by atomic mass is 32.2. The highest BCUT2D eigenvalue weighted by Gasteiger charge is 2.16. The average molecular weight is 554 g/mol. The Morgan fingerprint density at radius 3 is 1.93 bits per heavy atom. The van der Waals surface area contributed by atoms with E-state index in [1.165, 1.54) is 36.5 Å². The molecule has 7 heteroatoms. The second-order valence-electron chi connectivity index (χ2n) is 8.94. The highest BCUT2D eigenvalue weighted by Crippen LogP contribution is 2.34. The Morgan fingerprint density at radius 2 is 1.35 bits per heavy atom. The second kappa shape index (κ2) is 13.7. The summed E-state index contributed by atoms with van der Waals surface area (Å²) < 4.78 is 27.3. The van der Waals surface area contributed by atoms with Gasteiger partial charge < -0.3 is 0 Å². The van der Waals surface area contributed by atoms with Gasteiger partial charge in [-0.25, -0.2) is 22.9 Å². The SMILES string of the molecule is CC/C(=C(\c1ccccc1)c1ccc(/C=C/C(=O)NS(=O)(=O)c2ccc(COOC)cc2)cc1)c1ccccc1. The van der Waals surface area contributed by atoms with Crippen LogP contribution in [0, 0.1) is 0 Å². The number of hydrogen-bond acceptors (Lipinski definition) is 5. The van der Waals surface area contributed by atoms with Crippen molar-refractivity contribution in [2.45, 2.75) is 24.8 Å². The molecule has 0 aromatic heterocycles. The molecule has 1 N–H and O–H groups in total. The number of benzene rings is 4. The maximum absolute atomic E-state index is 12.6. The predicted molar refractivity (Wildman–Crippen MR) is 158 cm³/mol. The van der Waals surface area contributed by atoms with E-state index < -0.39 is 15.9 Å². The summed E-state index contributed by atoms with van der Waals surface area (Å²) in [5.74, 6) is -0.738. The van der Waals surface area contributed by atoms with Crippen LogP contribution in [0.3, 0.4) is 0 Å². The topological polar surface area (TPSA) is 81.7 Å². The Labute approximate surface area is 235 Å². The molecule has 0 atom stereocenters. The summed E-state index contributed by atoms with van der Waals surface area (Å²) in [6.07, 6.45) is 3.65. The average Bonchev–Trinajstić information content (AvgIpc) is 2.99. The van der Waals surface area contributed by atoms with Crippen LogP contribution in [0.1, 0.15) is 41.2 Å². The van der Waals surface area contributed by atoms with Crippen LogP contribution < -0.4 is 4.72 Å². The van der Waals surface area contributed by atoms with Gasteiger partial charge in [0.1, 0.15) is 6.61 Å². The van der Waals surface area contributed by atoms with Gasteiger partial charge >= 0.3 is 0 Å². The molecule has 0 aliphatic heterocycles. The molecule has 0 fully saturated rings. The number of sulfonamides is 1. The third kappa shape index (κ3) is 7.42. The van der Waals surface area contributed by atoms with Crippen LogP contribution in [0.25, 0.3) is 17.2 Å². The van der Waals surface area contributed by atoms with Crippen LogP contribution in [0.15, 0.2) is 120 Å². The fraction of sp³-hybridized carbons (Fsp3) is 0.121. The summed E-state index contributed by atoms with van der Waals surface area (Å²) in [7, 11) is -2.63. The Hall–Kier alpha value is -4.30. The van der Waals surface area contributed by atoms with Crippen LogP contribution in [-0.2, 0) is 31.2 Å². The third-order valence-corrected chi connectivity index (χ3v) is 7.64. The lowest BCUT2D eigenvalue weighted by Gasteiger charge is -2.16. The minimum Gasteiger partial charge on any atom is -0.269 e. The van der Waals surface area contributed by atoms with Gasteiger partial charge in [-0.3, -0.25) is 4.79 Å². The number of nitrogens with one attached hydrogen (secondary N) is 1. The van der Waals surface area contributed by atoms with Crippen LogP contribution in [0.2, 0.25) is 0 Å². The minimum absolute atomic E-state index is 0.0230. The van der Waals surface area contributed by atoms with Crippen molar-refractivity contribution in [3.05, 3.63) is 143 Å². The molecule has 0 radical (unpaired) electrons. The molecule has 0 saturated heterocycles. The maximum atomic E-state index is 12.6. The Kier molecular flexibility index (Phi) is 9.81. The van der Waals surface area contributed by atoms with Crippen LogP contribution in [0.4, 0.5) is 0 Å². The molecule has 0 aliphatic rings. The number of carbonyl (C=O) groups excluding carboxylic acids is 1. The number of hydrogen-bond donors (Lipinski definition) is 1. The van der Waals surface area contributed by atoms with Gasteiger partial charge in [0.05, 0.1) is 12.0 Å². The van der Waals surface area contributed by atoms with Crippen LogP contribution >= 0.6 is 0 Å². The van der Waals surface area contributed by atoms with Gasteiger partial charge in [0.15, 0.2) is 0 Å². The van der Waals surface area contributed by atoms with E-state index in [2.05, 4.69) is 40.8 Å². The zero-order valence-electron chi connectivity index (χ0n) is 22.4. The first kappa shape index (κ1) is 28.7. The first-order valence-corrected chi connectivity index (χ1v) is 14.3. The maximum Gasteiger partial charge on any atom is 0.264 e. The van der Waals surface area contributed by atoms with Crippen molar-refractivity contribution in [2.24, 2.45) is 0 Å². The first-order chi connectivity index (χ1) is 19.4. The quantitative estimate of drug-likeness (QED) is 0.0973. The molecular weight excluding hydrogens is 522 g/mol. The van der Waals surface area contributed by atoms with Gasteiger partial charge in [-0.05, 0) is 63.6 Å². The van der Waals surface area contributed by atoms with Gasteiger partial charge in [0.2, 0.25) is 0 Å². The second-order valence-corrected chi connectivity index (χ2v) is 10.6. The fourth-order valence-corrected chi connectivity index (χ4v) is 5.28. The van der Waals surface area contributed by atoms with E-state index in [1.807, 2.05) is 60.7 Å². The molecule has 0 saturated carbocycles. The number of allylic oxidation sites excluding steroid dienone is 1. The normalized spacial score (nSPS) is 12.2. The monoisotopic (exact) mass is 553 g/mol.